The normalized spacial score (nSPS) is 10.0. The number of carbonyl (C=O) groups excluding carboxylic acids is 1. The summed E-state index contributed by atoms with van der Waals surface area (Å²) in [7, 11) is 0. The van der Waals surface area contributed by atoms with Gasteiger partial charge in [-0.25, -0.2) is 0 Å². The maximum absolute atomic E-state index is 11.2. The molecule has 0 spiro atoms. The number of nitro groups is 1. The minimum atomic E-state index is -0.567. The summed E-state index contributed by atoms with van der Waals surface area (Å²) in [5, 5.41) is 22.4. The number of hydrogen-bond acceptors (Lipinski definition) is 5. The van der Waals surface area contributed by atoms with Crippen molar-refractivity contribution in [2.24, 2.45) is 0 Å². The zero-order valence-corrected chi connectivity index (χ0v) is 10.6. The Morgan fingerprint density at radius 1 is 1.53 bits per heavy atom. The summed E-state index contributed by atoms with van der Waals surface area (Å²) >= 11 is 0. The smallest absolute Gasteiger partial charge is 0.310 e. The molecule has 0 aliphatic carbocycles. The van der Waals surface area contributed by atoms with Crippen molar-refractivity contribution in [2.45, 2.75) is 20.0 Å². The highest BCUT2D eigenvalue weighted by atomic mass is 16.6. The molecule has 0 fully saturated rings. The van der Waals surface area contributed by atoms with Gasteiger partial charge in [-0.2, -0.15) is 0 Å². The molecule has 0 saturated heterocycles. The molecule has 0 aliphatic heterocycles. The number of nitrogens with zero attached hydrogens (tertiary/aromatic N) is 1. The summed E-state index contributed by atoms with van der Waals surface area (Å²) in [5.74, 6) is -0.121. The van der Waals surface area contributed by atoms with E-state index in [1.807, 2.05) is 0 Å². The summed E-state index contributed by atoms with van der Waals surface area (Å²) < 4.78 is 5.24. The molecule has 1 amide bonds. The van der Waals surface area contributed by atoms with Crippen molar-refractivity contribution >= 4 is 11.6 Å². The fourth-order valence-corrected chi connectivity index (χ4v) is 1.46. The molecule has 1 aromatic rings. The summed E-state index contributed by atoms with van der Waals surface area (Å²) in [5.41, 5.74) is 0.326. The molecule has 104 valence electrons. The van der Waals surface area contributed by atoms with Crippen LogP contribution in [0.25, 0.3) is 0 Å². The van der Waals surface area contributed by atoms with Crippen LogP contribution in [0.15, 0.2) is 18.2 Å². The van der Waals surface area contributed by atoms with Crippen LogP contribution < -0.4 is 10.1 Å². The number of carbonyl (C=O) groups is 1. The Balaban J connectivity index is 2.69. The van der Waals surface area contributed by atoms with Crippen LogP contribution in [-0.4, -0.2) is 29.1 Å². The molecule has 1 aromatic carbocycles. The second-order valence-electron chi connectivity index (χ2n) is 3.77. The van der Waals surface area contributed by atoms with Gasteiger partial charge >= 0.3 is 5.69 Å². The topological polar surface area (TPSA) is 102 Å². The van der Waals surface area contributed by atoms with Crippen molar-refractivity contribution in [1.82, 2.24) is 5.32 Å². The van der Waals surface area contributed by atoms with Crippen molar-refractivity contribution in [3.8, 4) is 5.75 Å². The van der Waals surface area contributed by atoms with E-state index >= 15 is 0 Å². The van der Waals surface area contributed by atoms with Crippen molar-refractivity contribution in [1.29, 1.82) is 0 Å². The minimum Gasteiger partial charge on any atom is -0.486 e. The lowest BCUT2D eigenvalue weighted by Crippen LogP contribution is -2.24. The van der Waals surface area contributed by atoms with Crippen LogP contribution in [0.4, 0.5) is 5.69 Å². The van der Waals surface area contributed by atoms with Gasteiger partial charge in [0.25, 0.3) is 0 Å². The van der Waals surface area contributed by atoms with Crippen LogP contribution >= 0.6 is 0 Å². The van der Waals surface area contributed by atoms with Gasteiger partial charge in [-0.15, -0.1) is 0 Å². The third kappa shape index (κ3) is 4.55. The van der Waals surface area contributed by atoms with Crippen molar-refractivity contribution in [3.05, 3.63) is 33.9 Å². The Kier molecular flexibility index (Phi) is 5.74. The molecule has 7 heteroatoms. The Bertz CT molecular complexity index is 461. The lowest BCUT2D eigenvalue weighted by molar-refractivity contribution is -0.385. The standard InChI is InChI=1S/C12H16N2O5/c1-2-13-12(16)5-6-19-11-7-9(8-15)3-4-10(11)14(17)18/h3-4,7,15H,2,5-6,8H2,1H3,(H,13,16). The number of rotatable bonds is 7. The third-order valence-corrected chi connectivity index (χ3v) is 2.36. The number of hydrogen-bond donors (Lipinski definition) is 2. The number of aliphatic hydroxyl groups excluding tert-OH is 1. The molecule has 0 bridgehead atoms. The van der Waals surface area contributed by atoms with E-state index in [0.717, 1.165) is 0 Å². The van der Waals surface area contributed by atoms with Gasteiger partial charge < -0.3 is 15.2 Å². The zero-order valence-electron chi connectivity index (χ0n) is 10.6. The number of nitro benzene ring substituents is 1. The van der Waals surface area contributed by atoms with Gasteiger partial charge in [0, 0.05) is 12.6 Å². The molecule has 7 nitrogen and oxygen atoms in total. The summed E-state index contributed by atoms with van der Waals surface area (Å²) in [4.78, 5) is 21.4. The van der Waals surface area contributed by atoms with E-state index in [1.54, 1.807) is 6.92 Å². The monoisotopic (exact) mass is 268 g/mol. The molecule has 0 heterocycles. The van der Waals surface area contributed by atoms with Crippen molar-refractivity contribution < 1.29 is 19.6 Å². The Morgan fingerprint density at radius 2 is 2.26 bits per heavy atom. The molecule has 0 aliphatic rings. The molecule has 0 saturated carbocycles. The second-order valence-corrected chi connectivity index (χ2v) is 3.77. The second kappa shape index (κ2) is 7.32. The maximum atomic E-state index is 11.2. The van der Waals surface area contributed by atoms with E-state index in [2.05, 4.69) is 5.32 Å². The molecule has 0 atom stereocenters. The molecule has 1 rings (SSSR count). The summed E-state index contributed by atoms with van der Waals surface area (Å²) in [6, 6.07) is 4.12. The van der Waals surface area contributed by atoms with Crippen molar-refractivity contribution in [2.75, 3.05) is 13.2 Å². The van der Waals surface area contributed by atoms with Gasteiger partial charge in [0.2, 0.25) is 5.91 Å². The van der Waals surface area contributed by atoms with E-state index in [1.165, 1.54) is 18.2 Å². The van der Waals surface area contributed by atoms with E-state index in [4.69, 9.17) is 9.84 Å². The highest BCUT2D eigenvalue weighted by molar-refractivity contribution is 5.75. The molecular formula is C12H16N2O5. The quantitative estimate of drug-likeness (QED) is 0.567. The molecule has 0 radical (unpaired) electrons. The fourth-order valence-electron chi connectivity index (χ4n) is 1.46. The number of benzene rings is 1. The van der Waals surface area contributed by atoms with Gasteiger partial charge in [0.15, 0.2) is 5.75 Å². The van der Waals surface area contributed by atoms with Crippen molar-refractivity contribution in [3.63, 3.8) is 0 Å². The van der Waals surface area contributed by atoms with Gasteiger partial charge in [0.05, 0.1) is 24.6 Å². The van der Waals surface area contributed by atoms with Crippen LogP contribution in [-0.2, 0) is 11.4 Å². The highest BCUT2D eigenvalue weighted by Gasteiger charge is 2.15. The number of amides is 1. The summed E-state index contributed by atoms with van der Waals surface area (Å²) in [6.07, 6.45) is 0.119. The molecule has 2 N–H and O–H groups in total. The minimum absolute atomic E-state index is 0.0432. The van der Waals surface area contributed by atoms with Gasteiger partial charge in [0.1, 0.15) is 0 Å². The molecule has 0 unspecified atom stereocenters. The van der Waals surface area contributed by atoms with Gasteiger partial charge in [-0.05, 0) is 24.6 Å². The number of nitrogens with one attached hydrogen (secondary N) is 1. The van der Waals surface area contributed by atoms with Crippen LogP contribution in [0, 0.1) is 10.1 Å². The third-order valence-electron chi connectivity index (χ3n) is 2.36. The first kappa shape index (κ1) is 14.9. The lowest BCUT2D eigenvalue weighted by atomic mass is 10.2. The fraction of sp³-hybridized carbons (Fsp3) is 0.417. The Hall–Kier alpha value is -2.15. The Labute approximate surface area is 110 Å². The molecular weight excluding hydrogens is 252 g/mol. The first-order chi connectivity index (χ1) is 9.08. The van der Waals surface area contributed by atoms with Crippen LogP contribution in [0.3, 0.4) is 0 Å². The first-order valence-corrected chi connectivity index (χ1v) is 5.86. The van der Waals surface area contributed by atoms with E-state index in [-0.39, 0.29) is 37.0 Å². The predicted molar refractivity (Wildman–Crippen MR) is 67.8 cm³/mol. The molecule has 0 aromatic heterocycles. The maximum Gasteiger partial charge on any atom is 0.310 e. The van der Waals surface area contributed by atoms with E-state index < -0.39 is 4.92 Å². The van der Waals surface area contributed by atoms with Crippen LogP contribution in [0.5, 0.6) is 5.75 Å². The lowest BCUT2D eigenvalue weighted by Gasteiger charge is -2.08. The highest BCUT2D eigenvalue weighted by Crippen LogP contribution is 2.28. The molecule has 19 heavy (non-hydrogen) atoms. The Morgan fingerprint density at radius 3 is 2.84 bits per heavy atom. The largest absolute Gasteiger partial charge is 0.486 e. The number of aliphatic hydroxyl groups is 1. The summed E-state index contributed by atoms with van der Waals surface area (Å²) in [6.45, 7) is 2.14. The first-order valence-electron chi connectivity index (χ1n) is 5.86. The van der Waals surface area contributed by atoms with Crippen LogP contribution in [0.1, 0.15) is 18.9 Å². The van der Waals surface area contributed by atoms with Gasteiger partial charge in [-0.3, -0.25) is 14.9 Å². The SMILES string of the molecule is CCNC(=O)CCOc1cc(CO)ccc1[N+](=O)[O-]. The number of ether oxygens (including phenoxy) is 1. The average Bonchev–Trinajstić information content (AvgIpc) is 2.38. The van der Waals surface area contributed by atoms with Gasteiger partial charge in [-0.1, -0.05) is 0 Å². The predicted octanol–water partition coefficient (Wildman–Crippen LogP) is 0.992. The van der Waals surface area contributed by atoms with Crippen LogP contribution in [0.2, 0.25) is 0 Å². The van der Waals surface area contributed by atoms with E-state index in [0.29, 0.717) is 12.1 Å². The van der Waals surface area contributed by atoms with E-state index in [9.17, 15) is 14.9 Å². The zero-order chi connectivity index (χ0) is 14.3. The average molecular weight is 268 g/mol.